The van der Waals surface area contributed by atoms with Crippen LogP contribution in [0.3, 0.4) is 0 Å². The topological polar surface area (TPSA) is 108 Å². The molecular formula is C13H24N2O6P+. The molecule has 2 aliphatic rings. The number of likely N-dealkylation sites (N-methyl/N-ethyl adjacent to an activating group) is 1. The Labute approximate surface area is 130 Å². The van der Waals surface area contributed by atoms with Gasteiger partial charge in [-0.3, -0.25) is 14.5 Å². The monoisotopic (exact) mass is 335 g/mol. The van der Waals surface area contributed by atoms with E-state index in [0.29, 0.717) is 6.42 Å². The van der Waals surface area contributed by atoms with Crippen LogP contribution in [0.15, 0.2) is 0 Å². The van der Waals surface area contributed by atoms with E-state index >= 15 is 0 Å². The molecule has 2 rings (SSSR count). The minimum Gasteiger partial charge on any atom is -0.455 e. The molecule has 2 unspecified atom stereocenters. The number of hydrogen-bond acceptors (Lipinski definition) is 7. The molecule has 0 aromatic heterocycles. The van der Waals surface area contributed by atoms with Gasteiger partial charge in [0.05, 0.1) is 0 Å². The number of esters is 1. The van der Waals surface area contributed by atoms with Gasteiger partial charge in [-0.15, -0.1) is 0 Å². The van der Waals surface area contributed by atoms with Crippen LogP contribution in [0.25, 0.3) is 0 Å². The largest absolute Gasteiger partial charge is 0.455 e. The summed E-state index contributed by atoms with van der Waals surface area (Å²) in [5.74, 6) is -1.53. The minimum absolute atomic E-state index is 0.0625. The van der Waals surface area contributed by atoms with Crippen molar-refractivity contribution in [1.82, 2.24) is 10.2 Å². The summed E-state index contributed by atoms with van der Waals surface area (Å²) in [7, 11) is -0.0436. The van der Waals surface area contributed by atoms with Gasteiger partial charge in [-0.25, -0.2) is 0 Å². The second kappa shape index (κ2) is 6.76. The SMILES string of the molecule is CNC(=O)COC(=O)[C@@H]1C2CCC(C[C@@H]1O[P+](C)(O)O)N2C. The molecule has 0 spiro atoms. The number of rotatable bonds is 5. The molecule has 3 N–H and O–H groups in total. The normalized spacial score (nSPS) is 31.9. The van der Waals surface area contributed by atoms with Crippen LogP contribution in [0, 0.1) is 5.92 Å². The van der Waals surface area contributed by atoms with E-state index in [2.05, 4.69) is 10.2 Å². The highest BCUT2D eigenvalue weighted by molar-refractivity contribution is 7.58. The quantitative estimate of drug-likeness (QED) is 0.460. The van der Waals surface area contributed by atoms with Gasteiger partial charge in [0.1, 0.15) is 18.7 Å². The molecule has 2 heterocycles. The van der Waals surface area contributed by atoms with Crippen molar-refractivity contribution in [1.29, 1.82) is 0 Å². The van der Waals surface area contributed by atoms with E-state index < -0.39 is 25.9 Å². The zero-order chi connectivity index (χ0) is 16.5. The molecule has 22 heavy (non-hydrogen) atoms. The molecule has 0 aromatic carbocycles. The van der Waals surface area contributed by atoms with Crippen LogP contribution in [0.1, 0.15) is 19.3 Å². The Kier molecular flexibility index (Phi) is 5.40. The number of nitrogens with zero attached hydrogens (tertiary/aromatic N) is 1. The van der Waals surface area contributed by atoms with Crippen LogP contribution in [0.2, 0.25) is 0 Å². The summed E-state index contributed by atoms with van der Waals surface area (Å²) < 4.78 is 10.4. The number of ether oxygens (including phenoxy) is 1. The average molecular weight is 335 g/mol. The van der Waals surface area contributed by atoms with Gasteiger partial charge in [0.15, 0.2) is 6.61 Å². The number of nitrogens with one attached hydrogen (secondary N) is 1. The van der Waals surface area contributed by atoms with Crippen LogP contribution < -0.4 is 5.32 Å². The Morgan fingerprint density at radius 2 is 2.05 bits per heavy atom. The molecule has 0 saturated carbocycles. The second-order valence-electron chi connectivity index (χ2n) is 5.99. The predicted molar refractivity (Wildman–Crippen MR) is 79.9 cm³/mol. The zero-order valence-corrected chi connectivity index (χ0v) is 14.0. The van der Waals surface area contributed by atoms with Crippen molar-refractivity contribution in [3.8, 4) is 0 Å². The number of hydrogen-bond donors (Lipinski definition) is 3. The standard InChI is InChI=1S/C13H23N2O6P/c1-14-11(16)7-20-13(17)12-9-5-4-8(15(9)2)6-10(12)21-22(3,18)19/h8-10,12,18-19H,4-7H2,1-3H3/p+1/t8?,9?,10-,12+/m0/s1. The molecule has 2 fully saturated rings. The Bertz CT molecular complexity index is 441. The Hall–Kier alpha value is -0.790. The average Bonchev–Trinajstić information content (AvgIpc) is 2.67. The van der Waals surface area contributed by atoms with Crippen molar-refractivity contribution in [2.45, 2.75) is 37.5 Å². The lowest BCUT2D eigenvalue weighted by Crippen LogP contribution is -2.53. The highest BCUT2D eigenvalue weighted by atomic mass is 31.2. The predicted octanol–water partition coefficient (Wildman–Crippen LogP) is -0.479. The van der Waals surface area contributed by atoms with Gasteiger partial charge in [-0.2, -0.15) is 14.3 Å². The summed E-state index contributed by atoms with van der Waals surface area (Å²) in [4.78, 5) is 44.9. The van der Waals surface area contributed by atoms with Crippen LogP contribution in [-0.2, 0) is 18.8 Å². The maximum Gasteiger partial charge on any atom is 0.403 e. The maximum atomic E-state index is 12.4. The van der Waals surface area contributed by atoms with Crippen molar-refractivity contribution in [2.75, 3.05) is 27.4 Å². The molecule has 0 radical (unpaired) electrons. The first-order valence-electron chi connectivity index (χ1n) is 7.32. The van der Waals surface area contributed by atoms with Crippen LogP contribution in [-0.4, -0.2) is 72.1 Å². The third kappa shape index (κ3) is 3.94. The Balaban J connectivity index is 2.10. The highest BCUT2D eigenvalue weighted by Crippen LogP contribution is 2.52. The lowest BCUT2D eigenvalue weighted by Gasteiger charge is -2.40. The van der Waals surface area contributed by atoms with Gasteiger partial charge in [0.25, 0.3) is 5.91 Å². The van der Waals surface area contributed by atoms with E-state index in [9.17, 15) is 19.4 Å². The van der Waals surface area contributed by atoms with Crippen molar-refractivity contribution in [3.63, 3.8) is 0 Å². The van der Waals surface area contributed by atoms with Crippen molar-refractivity contribution in [2.24, 2.45) is 5.92 Å². The second-order valence-corrected chi connectivity index (χ2v) is 7.87. The van der Waals surface area contributed by atoms with E-state index in [1.807, 2.05) is 7.05 Å². The van der Waals surface area contributed by atoms with Gasteiger partial charge in [-0.05, 0) is 26.3 Å². The number of carbonyl (C=O) groups is 2. The Morgan fingerprint density at radius 1 is 1.36 bits per heavy atom. The van der Waals surface area contributed by atoms with E-state index in [-0.39, 0.29) is 24.6 Å². The number of carbonyl (C=O) groups excluding carboxylic acids is 2. The fourth-order valence-electron chi connectivity index (χ4n) is 3.40. The number of fused-ring (bicyclic) bond motifs is 2. The fourth-order valence-corrected chi connectivity index (χ4v) is 4.13. The molecule has 1 amide bonds. The summed E-state index contributed by atoms with van der Waals surface area (Å²) in [5, 5.41) is 2.38. The van der Waals surface area contributed by atoms with Crippen LogP contribution in [0.5, 0.6) is 0 Å². The lowest BCUT2D eigenvalue weighted by atomic mass is 9.88. The third-order valence-electron chi connectivity index (χ3n) is 4.45. The molecular weight excluding hydrogens is 311 g/mol. The van der Waals surface area contributed by atoms with Crippen molar-refractivity contribution >= 4 is 19.8 Å². The molecule has 2 bridgehead atoms. The number of amides is 1. The summed E-state index contributed by atoms with van der Waals surface area (Å²) in [6, 6.07) is 0.206. The van der Waals surface area contributed by atoms with Crippen LogP contribution >= 0.6 is 7.94 Å². The van der Waals surface area contributed by atoms with Gasteiger partial charge in [0.2, 0.25) is 0 Å². The van der Waals surface area contributed by atoms with E-state index in [0.717, 1.165) is 12.8 Å². The molecule has 8 nitrogen and oxygen atoms in total. The lowest BCUT2D eigenvalue weighted by molar-refractivity contribution is -0.160. The summed E-state index contributed by atoms with van der Waals surface area (Å²) in [5.41, 5.74) is 0. The fraction of sp³-hybridized carbons (Fsp3) is 0.846. The molecule has 2 aliphatic heterocycles. The molecule has 126 valence electrons. The Morgan fingerprint density at radius 3 is 2.64 bits per heavy atom. The van der Waals surface area contributed by atoms with Crippen molar-refractivity contribution in [3.05, 3.63) is 0 Å². The zero-order valence-electron chi connectivity index (χ0n) is 13.1. The summed E-state index contributed by atoms with van der Waals surface area (Å²) in [6.07, 6.45) is 1.71. The van der Waals surface area contributed by atoms with Gasteiger partial charge < -0.3 is 10.1 Å². The van der Waals surface area contributed by atoms with Crippen LogP contribution in [0.4, 0.5) is 0 Å². The highest BCUT2D eigenvalue weighted by Gasteiger charge is 2.53. The molecule has 9 heteroatoms. The summed E-state index contributed by atoms with van der Waals surface area (Å²) >= 11 is 0. The molecule has 0 aromatic rings. The first kappa shape index (κ1) is 17.6. The smallest absolute Gasteiger partial charge is 0.403 e. The van der Waals surface area contributed by atoms with E-state index in [1.54, 1.807) is 0 Å². The molecule has 4 atom stereocenters. The molecule has 2 saturated heterocycles. The van der Waals surface area contributed by atoms with E-state index in [1.165, 1.54) is 13.7 Å². The first-order chi connectivity index (χ1) is 10.2. The van der Waals surface area contributed by atoms with Gasteiger partial charge in [0, 0.05) is 19.1 Å². The first-order valence-corrected chi connectivity index (χ1v) is 9.38. The third-order valence-corrected chi connectivity index (χ3v) is 5.12. The molecule has 0 aliphatic carbocycles. The van der Waals surface area contributed by atoms with Gasteiger partial charge >= 0.3 is 13.9 Å². The van der Waals surface area contributed by atoms with Crippen molar-refractivity contribution < 1.29 is 28.6 Å². The number of piperidine rings is 1. The maximum absolute atomic E-state index is 12.4. The van der Waals surface area contributed by atoms with E-state index in [4.69, 9.17) is 9.26 Å². The van der Waals surface area contributed by atoms with Gasteiger partial charge in [-0.1, -0.05) is 0 Å². The minimum atomic E-state index is -3.46. The summed E-state index contributed by atoms with van der Waals surface area (Å²) in [6.45, 7) is 0.878.